The van der Waals surface area contributed by atoms with Gasteiger partial charge in [0.2, 0.25) is 11.8 Å². The minimum absolute atomic E-state index is 0.269. The summed E-state index contributed by atoms with van der Waals surface area (Å²) in [4.78, 5) is 26.6. The van der Waals surface area contributed by atoms with Crippen molar-refractivity contribution in [2.75, 3.05) is 11.5 Å². The topological polar surface area (TPSA) is 66.8 Å². The van der Waals surface area contributed by atoms with Gasteiger partial charge in [0.25, 0.3) is 0 Å². The van der Waals surface area contributed by atoms with Gasteiger partial charge in [0.05, 0.1) is 35.3 Å². The number of rotatable bonds is 2. The predicted molar refractivity (Wildman–Crippen MR) is 79.8 cm³/mol. The van der Waals surface area contributed by atoms with E-state index in [1.54, 1.807) is 24.3 Å². The van der Waals surface area contributed by atoms with Crippen molar-refractivity contribution in [2.24, 2.45) is 11.8 Å². The highest BCUT2D eigenvalue weighted by atomic mass is 35.5. The molecule has 3 aliphatic heterocycles. The van der Waals surface area contributed by atoms with Gasteiger partial charge in [-0.25, -0.2) is 4.90 Å². The number of fused-ring (bicyclic) bond motifs is 5. The number of aliphatic hydroxyl groups excluding tert-OH is 1. The number of anilines is 1. The Hall–Kier alpha value is -1.40. The Bertz CT molecular complexity index is 734. The second kappa shape index (κ2) is 4.55. The molecule has 2 fully saturated rings. The molecule has 0 aromatic heterocycles. The van der Waals surface area contributed by atoms with Crippen molar-refractivity contribution >= 4 is 40.7 Å². The zero-order valence-corrected chi connectivity index (χ0v) is 12.7. The van der Waals surface area contributed by atoms with Crippen molar-refractivity contribution in [2.45, 2.75) is 11.7 Å². The van der Waals surface area contributed by atoms with Gasteiger partial charge in [-0.15, -0.1) is 0 Å². The lowest BCUT2D eigenvalue weighted by atomic mass is 9.77. The molecule has 1 aromatic rings. The first kappa shape index (κ1) is 14.2. The Balaban J connectivity index is 1.81. The van der Waals surface area contributed by atoms with Crippen LogP contribution in [0.3, 0.4) is 0 Å². The summed E-state index contributed by atoms with van der Waals surface area (Å²) < 4.78 is 5.67. The van der Waals surface area contributed by atoms with Gasteiger partial charge in [-0.1, -0.05) is 35.4 Å². The minimum atomic E-state index is -1.11. The second-order valence-corrected chi connectivity index (χ2v) is 6.51. The summed E-state index contributed by atoms with van der Waals surface area (Å²) in [7, 11) is 0. The van der Waals surface area contributed by atoms with Crippen LogP contribution in [0.5, 0.6) is 0 Å². The molecule has 0 spiro atoms. The number of aliphatic hydroxyl groups is 1. The Kier molecular flexibility index (Phi) is 2.94. The van der Waals surface area contributed by atoms with Crippen LogP contribution in [0.4, 0.5) is 5.69 Å². The zero-order valence-electron chi connectivity index (χ0n) is 11.2. The predicted octanol–water partition coefficient (Wildman–Crippen LogP) is 1.80. The SMILES string of the molecule is O=C1[C@H]2[C@@H](C(=O)N1c1cc(Cl)ccc1Cl)[C@]1(CO)C=C[C@H]2O1. The number of halogens is 2. The van der Waals surface area contributed by atoms with Crippen molar-refractivity contribution in [3.05, 3.63) is 40.4 Å². The molecule has 22 heavy (non-hydrogen) atoms. The van der Waals surface area contributed by atoms with Crippen LogP contribution < -0.4 is 4.90 Å². The lowest BCUT2D eigenvalue weighted by molar-refractivity contribution is -0.128. The van der Waals surface area contributed by atoms with E-state index < -0.39 is 29.4 Å². The molecule has 1 aromatic carbocycles. The Morgan fingerprint density at radius 2 is 2.05 bits per heavy atom. The quantitative estimate of drug-likeness (QED) is 0.659. The molecular weight excluding hydrogens is 329 g/mol. The Labute approximate surface area is 136 Å². The van der Waals surface area contributed by atoms with Crippen molar-refractivity contribution < 1.29 is 19.4 Å². The average molecular weight is 340 g/mol. The fourth-order valence-electron chi connectivity index (χ4n) is 3.58. The molecule has 0 unspecified atom stereocenters. The highest BCUT2D eigenvalue weighted by molar-refractivity contribution is 6.37. The van der Waals surface area contributed by atoms with Crippen LogP contribution in [0.25, 0.3) is 0 Å². The van der Waals surface area contributed by atoms with Crippen LogP contribution in [0.15, 0.2) is 30.4 Å². The van der Waals surface area contributed by atoms with Crippen LogP contribution in [-0.4, -0.2) is 35.2 Å². The fourth-order valence-corrected chi connectivity index (χ4v) is 3.95. The standard InChI is InChI=1S/C15H11Cl2NO4/c16-7-1-2-8(17)9(5-7)18-13(20)11-10-3-4-15(6-19,22-10)12(11)14(18)21/h1-5,10-12,19H,6H2/t10-,11-,12+,15-/m1/s1. The van der Waals surface area contributed by atoms with Gasteiger partial charge in [0.15, 0.2) is 0 Å². The summed E-state index contributed by atoms with van der Waals surface area (Å²) in [5, 5.41) is 10.3. The third kappa shape index (κ3) is 1.62. The van der Waals surface area contributed by atoms with Crippen LogP contribution in [-0.2, 0) is 14.3 Å². The maximum absolute atomic E-state index is 12.8. The molecule has 0 aliphatic carbocycles. The van der Waals surface area contributed by atoms with Gasteiger partial charge in [-0.2, -0.15) is 0 Å². The van der Waals surface area contributed by atoms with Gasteiger partial charge in [0.1, 0.15) is 5.60 Å². The first-order valence-electron chi connectivity index (χ1n) is 6.79. The molecule has 4 rings (SSSR count). The average Bonchev–Trinajstić information content (AvgIpc) is 3.14. The number of amides is 2. The number of carbonyl (C=O) groups excluding carboxylic acids is 2. The van der Waals surface area contributed by atoms with Gasteiger partial charge >= 0.3 is 0 Å². The number of imide groups is 1. The Morgan fingerprint density at radius 1 is 1.27 bits per heavy atom. The largest absolute Gasteiger partial charge is 0.393 e. The van der Waals surface area contributed by atoms with E-state index in [-0.39, 0.29) is 23.2 Å². The van der Waals surface area contributed by atoms with E-state index in [0.29, 0.717) is 5.02 Å². The number of benzene rings is 1. The van der Waals surface area contributed by atoms with Crippen molar-refractivity contribution in [3.63, 3.8) is 0 Å². The number of ether oxygens (including phenoxy) is 1. The number of nitrogens with zero attached hydrogens (tertiary/aromatic N) is 1. The summed E-state index contributed by atoms with van der Waals surface area (Å²) in [6.07, 6.45) is 2.91. The number of hydrogen-bond acceptors (Lipinski definition) is 4. The van der Waals surface area contributed by atoms with Gasteiger partial charge in [-0.3, -0.25) is 9.59 Å². The van der Waals surface area contributed by atoms with E-state index in [9.17, 15) is 14.7 Å². The molecular formula is C15H11Cl2NO4. The lowest BCUT2D eigenvalue weighted by Gasteiger charge is -2.26. The fraction of sp³-hybridized carbons (Fsp3) is 0.333. The van der Waals surface area contributed by atoms with Gasteiger partial charge in [-0.05, 0) is 18.2 Å². The van der Waals surface area contributed by atoms with Crippen LogP contribution >= 0.6 is 23.2 Å². The molecule has 2 amide bonds. The molecule has 4 atom stereocenters. The van der Waals surface area contributed by atoms with Crippen LogP contribution in [0.2, 0.25) is 10.0 Å². The van der Waals surface area contributed by atoms with Gasteiger partial charge in [0, 0.05) is 5.02 Å². The molecule has 5 nitrogen and oxygen atoms in total. The number of hydrogen-bond donors (Lipinski definition) is 1. The van der Waals surface area contributed by atoms with Crippen molar-refractivity contribution in [3.8, 4) is 0 Å². The Morgan fingerprint density at radius 3 is 2.77 bits per heavy atom. The molecule has 0 radical (unpaired) electrons. The van der Waals surface area contributed by atoms with Crippen LogP contribution in [0.1, 0.15) is 0 Å². The maximum Gasteiger partial charge on any atom is 0.241 e. The smallest absolute Gasteiger partial charge is 0.241 e. The van der Waals surface area contributed by atoms with E-state index in [4.69, 9.17) is 27.9 Å². The third-order valence-corrected chi connectivity index (χ3v) is 5.11. The van der Waals surface area contributed by atoms with E-state index in [0.717, 1.165) is 4.90 Å². The molecule has 114 valence electrons. The summed E-state index contributed by atoms with van der Waals surface area (Å²) in [6.45, 7) is -0.350. The summed E-state index contributed by atoms with van der Waals surface area (Å²) in [6, 6.07) is 4.62. The normalized spacial score (nSPS) is 35.6. The molecule has 2 saturated heterocycles. The highest BCUT2D eigenvalue weighted by Gasteiger charge is 2.67. The maximum atomic E-state index is 12.8. The van der Waals surface area contributed by atoms with Crippen molar-refractivity contribution in [1.29, 1.82) is 0 Å². The van der Waals surface area contributed by atoms with Gasteiger partial charge < -0.3 is 9.84 Å². The summed E-state index contributed by atoms with van der Waals surface area (Å²) >= 11 is 12.1. The zero-order chi connectivity index (χ0) is 15.6. The van der Waals surface area contributed by atoms with Crippen LogP contribution in [0, 0.1) is 11.8 Å². The molecule has 3 heterocycles. The monoisotopic (exact) mass is 339 g/mol. The lowest BCUT2D eigenvalue weighted by Crippen LogP contribution is -2.43. The molecule has 3 aliphatic rings. The van der Waals surface area contributed by atoms with E-state index in [2.05, 4.69) is 0 Å². The highest BCUT2D eigenvalue weighted by Crippen LogP contribution is 2.52. The first-order valence-corrected chi connectivity index (χ1v) is 7.55. The second-order valence-electron chi connectivity index (χ2n) is 5.67. The van der Waals surface area contributed by atoms with Crippen molar-refractivity contribution in [1.82, 2.24) is 0 Å². The summed E-state index contributed by atoms with van der Waals surface area (Å²) in [5.41, 5.74) is -0.840. The molecule has 1 N–H and O–H groups in total. The number of carbonyl (C=O) groups is 2. The van der Waals surface area contributed by atoms with E-state index in [1.165, 1.54) is 6.07 Å². The van der Waals surface area contributed by atoms with E-state index in [1.807, 2.05) is 0 Å². The molecule has 7 heteroatoms. The molecule has 0 saturated carbocycles. The third-order valence-electron chi connectivity index (χ3n) is 4.55. The summed E-state index contributed by atoms with van der Waals surface area (Å²) in [5.74, 6) is -2.14. The van der Waals surface area contributed by atoms with E-state index >= 15 is 0 Å². The minimum Gasteiger partial charge on any atom is -0.393 e. The molecule has 2 bridgehead atoms. The first-order chi connectivity index (χ1) is 10.5.